The van der Waals surface area contributed by atoms with Crippen molar-refractivity contribution in [3.63, 3.8) is 0 Å². The Morgan fingerprint density at radius 1 is 1.05 bits per heavy atom. The summed E-state index contributed by atoms with van der Waals surface area (Å²) in [6, 6.07) is 7.32. The van der Waals surface area contributed by atoms with Crippen LogP contribution in [0.15, 0.2) is 24.3 Å². The average molecular weight is 322 g/mol. The van der Waals surface area contributed by atoms with Crippen molar-refractivity contribution in [1.29, 1.82) is 0 Å². The number of nitrogens with one attached hydrogen (secondary N) is 1. The van der Waals surface area contributed by atoms with Crippen molar-refractivity contribution >= 4 is 11.6 Å². The molecule has 0 bridgehead atoms. The van der Waals surface area contributed by atoms with E-state index in [1.54, 1.807) is 12.1 Å². The van der Waals surface area contributed by atoms with Crippen LogP contribution in [0.25, 0.3) is 0 Å². The standard InChI is InChI=1S/C19H25ClFN/c20-19-16-9-4-2-1-3-8-15(16)18(19)14(11-12-22-19)13-7-5-6-10-17(13)21/h5-7,10,14-16,18,22H,1-4,8-9,11-12H2. The molecule has 0 amide bonds. The molecular weight excluding hydrogens is 297 g/mol. The van der Waals surface area contributed by atoms with Gasteiger partial charge in [0.1, 0.15) is 10.8 Å². The number of fused-ring (bicyclic) bond motifs is 4. The van der Waals surface area contributed by atoms with Crippen LogP contribution in [0.3, 0.4) is 0 Å². The van der Waals surface area contributed by atoms with Gasteiger partial charge in [0, 0.05) is 5.92 Å². The Hall–Kier alpha value is -0.600. The SMILES string of the molecule is Fc1ccccc1C1CCNC2(Cl)C3CCCCCCC3C12. The van der Waals surface area contributed by atoms with Crippen molar-refractivity contribution in [3.8, 4) is 0 Å². The third kappa shape index (κ3) is 2.22. The lowest BCUT2D eigenvalue weighted by molar-refractivity contribution is -0.0710. The molecule has 1 aromatic carbocycles. The van der Waals surface area contributed by atoms with Gasteiger partial charge in [0.2, 0.25) is 0 Å². The quantitative estimate of drug-likeness (QED) is 0.563. The van der Waals surface area contributed by atoms with Crippen molar-refractivity contribution in [2.45, 2.75) is 55.9 Å². The topological polar surface area (TPSA) is 12.0 Å². The Balaban J connectivity index is 1.66. The predicted molar refractivity (Wildman–Crippen MR) is 88.5 cm³/mol. The van der Waals surface area contributed by atoms with Crippen LogP contribution in [0.4, 0.5) is 4.39 Å². The summed E-state index contributed by atoms with van der Waals surface area (Å²) in [7, 11) is 0. The van der Waals surface area contributed by atoms with E-state index in [1.165, 1.54) is 38.5 Å². The summed E-state index contributed by atoms with van der Waals surface area (Å²) in [4.78, 5) is -0.285. The zero-order chi connectivity index (χ0) is 15.2. The number of rotatable bonds is 1. The molecule has 1 aliphatic heterocycles. The van der Waals surface area contributed by atoms with Gasteiger partial charge in [0.15, 0.2) is 0 Å². The number of piperidine rings is 1. The van der Waals surface area contributed by atoms with Crippen LogP contribution >= 0.6 is 11.6 Å². The number of alkyl halides is 1. The van der Waals surface area contributed by atoms with E-state index < -0.39 is 0 Å². The van der Waals surface area contributed by atoms with Crippen LogP contribution in [0.1, 0.15) is 56.4 Å². The molecule has 1 nitrogen and oxygen atoms in total. The monoisotopic (exact) mass is 321 g/mol. The lowest BCUT2D eigenvalue weighted by Gasteiger charge is -2.64. The van der Waals surface area contributed by atoms with Crippen molar-refractivity contribution in [2.24, 2.45) is 17.8 Å². The van der Waals surface area contributed by atoms with E-state index in [2.05, 4.69) is 5.32 Å². The predicted octanol–water partition coefficient (Wildman–Crippen LogP) is 5.05. The Bertz CT molecular complexity index is 548. The van der Waals surface area contributed by atoms with Gasteiger partial charge in [-0.3, -0.25) is 5.32 Å². The minimum absolute atomic E-state index is 0.0530. The average Bonchev–Trinajstić information content (AvgIpc) is 2.48. The summed E-state index contributed by atoms with van der Waals surface area (Å²) in [6.45, 7) is 0.905. The molecule has 0 aromatic heterocycles. The van der Waals surface area contributed by atoms with Crippen molar-refractivity contribution in [3.05, 3.63) is 35.6 Å². The third-order valence-electron chi connectivity index (χ3n) is 6.39. The maximum atomic E-state index is 14.3. The van der Waals surface area contributed by atoms with Crippen LogP contribution in [0.2, 0.25) is 0 Å². The fourth-order valence-electron chi connectivity index (χ4n) is 5.47. The summed E-state index contributed by atoms with van der Waals surface area (Å²) < 4.78 is 14.3. The highest BCUT2D eigenvalue weighted by molar-refractivity contribution is 6.25. The molecule has 1 N–H and O–H groups in total. The van der Waals surface area contributed by atoms with Gasteiger partial charge in [0.05, 0.1) is 0 Å². The molecule has 3 fully saturated rings. The summed E-state index contributed by atoms with van der Waals surface area (Å²) in [6.07, 6.45) is 8.82. The molecule has 2 saturated carbocycles. The zero-order valence-electron chi connectivity index (χ0n) is 13.0. The molecule has 1 saturated heterocycles. The van der Waals surface area contributed by atoms with Gasteiger partial charge in [-0.25, -0.2) is 4.39 Å². The van der Waals surface area contributed by atoms with E-state index in [0.29, 0.717) is 17.8 Å². The number of benzene rings is 1. The summed E-state index contributed by atoms with van der Waals surface area (Å²) >= 11 is 7.07. The van der Waals surface area contributed by atoms with Gasteiger partial charge in [-0.05, 0) is 55.2 Å². The highest BCUT2D eigenvalue weighted by Crippen LogP contribution is 2.63. The van der Waals surface area contributed by atoms with Gasteiger partial charge in [-0.2, -0.15) is 0 Å². The Morgan fingerprint density at radius 2 is 1.82 bits per heavy atom. The molecule has 1 heterocycles. The minimum atomic E-state index is -0.285. The Labute approximate surface area is 137 Å². The molecule has 5 unspecified atom stereocenters. The third-order valence-corrected chi connectivity index (χ3v) is 7.06. The van der Waals surface area contributed by atoms with Crippen LogP contribution in [-0.2, 0) is 0 Å². The van der Waals surface area contributed by atoms with E-state index in [-0.39, 0.29) is 16.7 Å². The van der Waals surface area contributed by atoms with Crippen molar-refractivity contribution in [2.75, 3.05) is 6.54 Å². The van der Waals surface area contributed by atoms with E-state index in [0.717, 1.165) is 18.5 Å². The maximum absolute atomic E-state index is 14.3. The second kappa shape index (κ2) is 5.79. The fraction of sp³-hybridized carbons (Fsp3) is 0.684. The first-order valence-corrected chi connectivity index (χ1v) is 9.28. The summed E-state index contributed by atoms with van der Waals surface area (Å²) in [5, 5.41) is 3.60. The highest BCUT2D eigenvalue weighted by Gasteiger charge is 2.63. The molecule has 1 aromatic rings. The molecule has 120 valence electrons. The molecule has 22 heavy (non-hydrogen) atoms. The Morgan fingerprint density at radius 3 is 2.64 bits per heavy atom. The molecule has 3 heteroatoms. The molecule has 2 aliphatic carbocycles. The lowest BCUT2D eigenvalue weighted by Crippen LogP contribution is -2.70. The highest BCUT2D eigenvalue weighted by atomic mass is 35.5. The van der Waals surface area contributed by atoms with E-state index >= 15 is 0 Å². The number of halogens is 2. The molecule has 0 radical (unpaired) electrons. The van der Waals surface area contributed by atoms with E-state index in [1.807, 2.05) is 12.1 Å². The van der Waals surface area contributed by atoms with Gasteiger partial charge in [-0.15, -0.1) is 11.6 Å². The molecule has 0 spiro atoms. The second-order valence-corrected chi connectivity index (χ2v) is 8.02. The number of hydrogen-bond donors (Lipinski definition) is 1. The van der Waals surface area contributed by atoms with Gasteiger partial charge in [-0.1, -0.05) is 43.9 Å². The van der Waals surface area contributed by atoms with Crippen LogP contribution in [0, 0.1) is 23.6 Å². The van der Waals surface area contributed by atoms with Gasteiger partial charge >= 0.3 is 0 Å². The minimum Gasteiger partial charge on any atom is -0.298 e. The van der Waals surface area contributed by atoms with Crippen LogP contribution < -0.4 is 5.32 Å². The largest absolute Gasteiger partial charge is 0.298 e. The zero-order valence-corrected chi connectivity index (χ0v) is 13.8. The molecule has 4 rings (SSSR count). The van der Waals surface area contributed by atoms with E-state index in [9.17, 15) is 4.39 Å². The maximum Gasteiger partial charge on any atom is 0.126 e. The van der Waals surface area contributed by atoms with Crippen molar-refractivity contribution < 1.29 is 4.39 Å². The smallest absolute Gasteiger partial charge is 0.126 e. The summed E-state index contributed by atoms with van der Waals surface area (Å²) in [5.41, 5.74) is 0.888. The lowest BCUT2D eigenvalue weighted by atomic mass is 9.50. The van der Waals surface area contributed by atoms with Gasteiger partial charge in [0.25, 0.3) is 0 Å². The van der Waals surface area contributed by atoms with Crippen molar-refractivity contribution in [1.82, 2.24) is 5.32 Å². The van der Waals surface area contributed by atoms with Gasteiger partial charge < -0.3 is 0 Å². The first kappa shape index (κ1) is 15.0. The number of hydrogen-bond acceptors (Lipinski definition) is 1. The van der Waals surface area contributed by atoms with Crippen LogP contribution in [-0.4, -0.2) is 11.5 Å². The van der Waals surface area contributed by atoms with Crippen LogP contribution in [0.5, 0.6) is 0 Å². The molecule has 3 aliphatic rings. The summed E-state index contributed by atoms with van der Waals surface area (Å²) in [5.74, 6) is 1.87. The fourth-order valence-corrected chi connectivity index (χ4v) is 6.15. The normalized spacial score (nSPS) is 41.5. The van der Waals surface area contributed by atoms with E-state index in [4.69, 9.17) is 11.6 Å². The Kier molecular flexibility index (Phi) is 3.94. The molecule has 5 atom stereocenters. The second-order valence-electron chi connectivity index (χ2n) is 7.40. The molecular formula is C19H25ClFN. The first-order chi connectivity index (χ1) is 10.7. The first-order valence-electron chi connectivity index (χ1n) is 8.90.